The molecule has 2 heterocycles. The van der Waals surface area contributed by atoms with Crippen molar-refractivity contribution in [3.8, 4) is 90.4 Å². The van der Waals surface area contributed by atoms with E-state index in [2.05, 4.69) is 206 Å². The molecule has 66 heavy (non-hydrogen) atoms. The van der Waals surface area contributed by atoms with Gasteiger partial charge in [-0.2, -0.15) is 5.26 Å². The molecule has 0 bridgehead atoms. The van der Waals surface area contributed by atoms with Crippen LogP contribution in [0.4, 0.5) is 0 Å². The molecule has 0 saturated carbocycles. The van der Waals surface area contributed by atoms with E-state index >= 15 is 0 Å². The van der Waals surface area contributed by atoms with E-state index < -0.39 is 0 Å². The maximum atomic E-state index is 10.0. The van der Waals surface area contributed by atoms with Crippen LogP contribution in [0.2, 0.25) is 0 Å². The Morgan fingerprint density at radius 2 is 0.909 bits per heavy atom. The molecule has 0 saturated heterocycles. The van der Waals surface area contributed by atoms with Crippen LogP contribution in [0.15, 0.2) is 212 Å². The summed E-state index contributed by atoms with van der Waals surface area (Å²) < 4.78 is 2.39. The minimum Gasteiger partial charge on any atom is -0.309 e. The van der Waals surface area contributed by atoms with E-state index in [-0.39, 0.29) is 5.41 Å². The summed E-state index contributed by atoms with van der Waals surface area (Å²) in [5, 5.41) is 12.4. The van der Waals surface area contributed by atoms with Crippen molar-refractivity contribution >= 4 is 21.8 Å². The van der Waals surface area contributed by atoms with Crippen LogP contribution in [0.25, 0.3) is 106 Å². The number of nitriles is 1. The number of rotatable bonds is 7. The molecule has 5 nitrogen and oxygen atoms in total. The Kier molecular flexibility index (Phi) is 9.15. The molecular weight excluding hydrogens is 803 g/mol. The lowest BCUT2D eigenvalue weighted by molar-refractivity contribution is 0.661. The van der Waals surface area contributed by atoms with Gasteiger partial charge in [0.2, 0.25) is 0 Å². The molecule has 0 aliphatic heterocycles. The summed E-state index contributed by atoms with van der Waals surface area (Å²) in [6, 6.07) is 76.7. The number of nitrogens with zero attached hydrogens (tertiary/aromatic N) is 5. The van der Waals surface area contributed by atoms with Crippen LogP contribution in [0.3, 0.4) is 0 Å². The van der Waals surface area contributed by atoms with Crippen molar-refractivity contribution in [3.05, 3.63) is 229 Å². The van der Waals surface area contributed by atoms with Crippen LogP contribution in [-0.4, -0.2) is 19.5 Å². The third kappa shape index (κ3) is 6.58. The van der Waals surface area contributed by atoms with E-state index in [1.54, 1.807) is 0 Å². The van der Waals surface area contributed by atoms with Gasteiger partial charge in [0.1, 0.15) is 0 Å². The summed E-state index contributed by atoms with van der Waals surface area (Å²) in [5.74, 6) is 1.70. The SMILES string of the molecule is CC1(C)c2ccccc2-c2cc3c4ccccc4n(-c4cc(-c5cccc(C#N)c5)cc(-c5nc(-c6ccc(-c7ccccc7)cc6)nc(-c6ccc(-c7ccccc7)cc6)n5)c4)c3cc21. The highest BCUT2D eigenvalue weighted by Crippen LogP contribution is 2.51. The van der Waals surface area contributed by atoms with E-state index in [0.717, 1.165) is 66.8 Å². The summed E-state index contributed by atoms with van der Waals surface area (Å²) in [5.41, 5.74) is 17.8. The molecule has 0 amide bonds. The van der Waals surface area contributed by atoms with Gasteiger partial charge in [0.15, 0.2) is 17.5 Å². The van der Waals surface area contributed by atoms with Crippen molar-refractivity contribution in [2.75, 3.05) is 0 Å². The zero-order valence-electron chi connectivity index (χ0n) is 36.4. The lowest BCUT2D eigenvalue weighted by Crippen LogP contribution is -2.15. The Hall–Kier alpha value is -8.72. The second kappa shape index (κ2) is 15.5. The average Bonchev–Trinajstić information content (AvgIpc) is 3.83. The van der Waals surface area contributed by atoms with Crippen LogP contribution in [0.1, 0.15) is 30.5 Å². The molecule has 5 heteroatoms. The highest BCUT2D eigenvalue weighted by atomic mass is 15.0. The lowest BCUT2D eigenvalue weighted by atomic mass is 9.82. The van der Waals surface area contributed by atoms with Crippen molar-refractivity contribution < 1.29 is 0 Å². The van der Waals surface area contributed by atoms with Crippen LogP contribution < -0.4 is 0 Å². The van der Waals surface area contributed by atoms with Crippen molar-refractivity contribution in [1.82, 2.24) is 19.5 Å². The summed E-state index contributed by atoms with van der Waals surface area (Å²) in [7, 11) is 0. The van der Waals surface area contributed by atoms with Crippen molar-refractivity contribution in [2.45, 2.75) is 19.3 Å². The van der Waals surface area contributed by atoms with Gasteiger partial charge in [-0.25, -0.2) is 15.0 Å². The Morgan fingerprint density at radius 3 is 1.56 bits per heavy atom. The fraction of sp³-hybridized carbons (Fsp3) is 0.0492. The summed E-state index contributed by atoms with van der Waals surface area (Å²) in [6.07, 6.45) is 0. The molecule has 0 atom stereocenters. The highest BCUT2D eigenvalue weighted by Gasteiger charge is 2.36. The molecule has 11 aromatic rings. The van der Waals surface area contributed by atoms with Gasteiger partial charge in [0, 0.05) is 38.6 Å². The molecule has 0 N–H and O–H groups in total. The molecule has 310 valence electrons. The highest BCUT2D eigenvalue weighted by molar-refractivity contribution is 6.12. The van der Waals surface area contributed by atoms with Crippen LogP contribution >= 0.6 is 0 Å². The summed E-state index contributed by atoms with van der Waals surface area (Å²) in [6.45, 7) is 4.66. The second-order valence-electron chi connectivity index (χ2n) is 17.6. The fourth-order valence-electron chi connectivity index (χ4n) is 9.89. The van der Waals surface area contributed by atoms with Gasteiger partial charge >= 0.3 is 0 Å². The Labute approximate surface area is 383 Å². The van der Waals surface area contributed by atoms with Crippen molar-refractivity contribution in [2.24, 2.45) is 0 Å². The van der Waals surface area contributed by atoms with Crippen molar-refractivity contribution in [1.29, 1.82) is 5.26 Å². The van der Waals surface area contributed by atoms with E-state index in [0.29, 0.717) is 23.0 Å². The predicted octanol–water partition coefficient (Wildman–Crippen LogP) is 15.1. The number of fused-ring (bicyclic) bond motifs is 6. The van der Waals surface area contributed by atoms with Gasteiger partial charge in [-0.1, -0.05) is 178 Å². The van der Waals surface area contributed by atoms with Crippen LogP contribution in [-0.2, 0) is 5.41 Å². The smallest absolute Gasteiger partial charge is 0.164 e. The first-order valence-electron chi connectivity index (χ1n) is 22.3. The molecule has 9 aromatic carbocycles. The second-order valence-corrected chi connectivity index (χ2v) is 17.6. The van der Waals surface area contributed by atoms with E-state index in [4.69, 9.17) is 15.0 Å². The normalized spacial score (nSPS) is 12.5. The first-order valence-corrected chi connectivity index (χ1v) is 22.3. The third-order valence-corrected chi connectivity index (χ3v) is 13.3. The predicted molar refractivity (Wildman–Crippen MR) is 269 cm³/mol. The molecule has 1 aliphatic carbocycles. The van der Waals surface area contributed by atoms with E-state index in [1.165, 1.54) is 33.0 Å². The number of hydrogen-bond donors (Lipinski definition) is 0. The van der Waals surface area contributed by atoms with Gasteiger partial charge < -0.3 is 4.57 Å². The average molecular weight is 844 g/mol. The zero-order valence-corrected chi connectivity index (χ0v) is 36.4. The third-order valence-electron chi connectivity index (χ3n) is 13.3. The van der Waals surface area contributed by atoms with Gasteiger partial charge in [-0.15, -0.1) is 0 Å². The van der Waals surface area contributed by atoms with Gasteiger partial charge in [0.25, 0.3) is 0 Å². The largest absolute Gasteiger partial charge is 0.309 e. The Bertz CT molecular complexity index is 3610. The first kappa shape index (κ1) is 38.9. The molecule has 0 fully saturated rings. The molecule has 0 unspecified atom stereocenters. The standard InChI is InChI=1S/C61H41N5/c1-61(2)54-22-11-9-20-50(54)52-36-53-51-21-10-12-23-56(51)66(57(53)37-55(52)61)49-34-47(46-19-13-14-39(32-46)38-62)33-48(35-49)60-64-58(44-28-24-42(25-29-44)40-15-5-3-6-16-40)63-59(65-60)45-30-26-43(27-31-45)41-17-7-4-8-18-41/h3-37H,1-2H3. The number of aromatic nitrogens is 4. The van der Waals surface area contributed by atoms with Gasteiger partial charge in [-0.05, 0) is 104 Å². The maximum absolute atomic E-state index is 10.0. The number of hydrogen-bond acceptors (Lipinski definition) is 4. The number of para-hydroxylation sites is 1. The van der Waals surface area contributed by atoms with Gasteiger partial charge in [-0.3, -0.25) is 0 Å². The maximum Gasteiger partial charge on any atom is 0.164 e. The topological polar surface area (TPSA) is 67.4 Å². The minimum absolute atomic E-state index is 0.178. The Morgan fingerprint density at radius 1 is 0.379 bits per heavy atom. The molecular formula is C61H41N5. The fourth-order valence-corrected chi connectivity index (χ4v) is 9.89. The molecule has 12 rings (SSSR count). The van der Waals surface area contributed by atoms with E-state index in [1.807, 2.05) is 30.3 Å². The summed E-state index contributed by atoms with van der Waals surface area (Å²) >= 11 is 0. The van der Waals surface area contributed by atoms with Crippen LogP contribution in [0, 0.1) is 11.3 Å². The summed E-state index contributed by atoms with van der Waals surface area (Å²) in [4.78, 5) is 15.7. The zero-order chi connectivity index (χ0) is 44.4. The molecule has 0 radical (unpaired) electrons. The van der Waals surface area contributed by atoms with Crippen LogP contribution in [0.5, 0.6) is 0 Å². The van der Waals surface area contributed by atoms with Gasteiger partial charge in [0.05, 0.1) is 22.7 Å². The van der Waals surface area contributed by atoms with E-state index in [9.17, 15) is 5.26 Å². The quantitative estimate of drug-likeness (QED) is 0.160. The Balaban J connectivity index is 1.08. The molecule has 2 aromatic heterocycles. The van der Waals surface area contributed by atoms with Crippen molar-refractivity contribution in [3.63, 3.8) is 0 Å². The molecule has 0 spiro atoms. The number of benzene rings is 9. The lowest BCUT2D eigenvalue weighted by Gasteiger charge is -2.22. The molecule has 1 aliphatic rings. The first-order chi connectivity index (χ1) is 32.4. The minimum atomic E-state index is -0.178. The monoisotopic (exact) mass is 843 g/mol.